The molecule has 0 spiro atoms. The van der Waals surface area contributed by atoms with E-state index in [0.717, 1.165) is 27.1 Å². The van der Waals surface area contributed by atoms with Crippen LogP contribution in [0.1, 0.15) is 11.1 Å². The van der Waals surface area contributed by atoms with Crippen LogP contribution in [0.25, 0.3) is 11.1 Å². The Morgan fingerprint density at radius 3 is 2.38 bits per heavy atom. The average Bonchev–Trinajstić information content (AvgIpc) is 2.93. The zero-order valence-corrected chi connectivity index (χ0v) is 21.7. The van der Waals surface area contributed by atoms with E-state index in [-0.39, 0.29) is 6.03 Å². The summed E-state index contributed by atoms with van der Waals surface area (Å²) in [6, 6.07) is 26.6. The van der Waals surface area contributed by atoms with Crippen molar-refractivity contribution in [1.29, 1.82) is 0 Å². The van der Waals surface area contributed by atoms with Crippen LogP contribution in [0.3, 0.4) is 0 Å². The lowest BCUT2D eigenvalue weighted by molar-refractivity contribution is 0.251. The van der Waals surface area contributed by atoms with Gasteiger partial charge < -0.3 is 15.4 Å². The molecule has 4 aromatic rings. The molecular weight excluding hydrogens is 484 g/mol. The van der Waals surface area contributed by atoms with Crippen LogP contribution < -0.4 is 15.4 Å². The van der Waals surface area contributed by atoms with Crippen LogP contribution in [-0.4, -0.2) is 40.2 Å². The fourth-order valence-electron chi connectivity index (χ4n) is 3.81. The molecule has 190 valence electrons. The maximum atomic E-state index is 12.8. The molecule has 0 bridgehead atoms. The fourth-order valence-corrected chi connectivity index (χ4v) is 4.77. The molecule has 2 amide bonds. The van der Waals surface area contributed by atoms with Gasteiger partial charge in [0, 0.05) is 31.0 Å². The highest BCUT2D eigenvalue weighted by atomic mass is 32.2. The molecule has 4 rings (SSSR count). The Bertz CT molecular complexity index is 1340. The first-order valence-electron chi connectivity index (χ1n) is 11.9. The maximum Gasteiger partial charge on any atom is 0.319 e. The number of amides is 2. The van der Waals surface area contributed by atoms with Crippen molar-refractivity contribution in [2.75, 3.05) is 26.0 Å². The summed E-state index contributed by atoms with van der Waals surface area (Å²) in [7, 11) is 2.37. The number of urea groups is 1. The Hall–Kier alpha value is -4.01. The minimum atomic E-state index is -1.24. The summed E-state index contributed by atoms with van der Waals surface area (Å²) in [5.74, 6) is 0.716. The third-order valence-electron chi connectivity index (χ3n) is 5.64. The van der Waals surface area contributed by atoms with Crippen LogP contribution in [-0.2, 0) is 24.0 Å². The van der Waals surface area contributed by atoms with Crippen LogP contribution in [0.5, 0.6) is 5.75 Å². The number of nitrogens with one attached hydrogen (secondary N) is 2. The molecule has 8 heteroatoms. The predicted octanol–water partition coefficient (Wildman–Crippen LogP) is 5.28. The summed E-state index contributed by atoms with van der Waals surface area (Å²) in [6.45, 7) is 0.881. The number of aromatic nitrogens is 1. The second-order valence-electron chi connectivity index (χ2n) is 8.51. The Morgan fingerprint density at radius 2 is 1.65 bits per heavy atom. The van der Waals surface area contributed by atoms with Gasteiger partial charge in [-0.2, -0.15) is 0 Å². The number of anilines is 1. The summed E-state index contributed by atoms with van der Waals surface area (Å²) in [5, 5.41) is 5.62. The van der Waals surface area contributed by atoms with E-state index in [1.807, 2.05) is 74.8 Å². The van der Waals surface area contributed by atoms with Crippen molar-refractivity contribution in [1.82, 2.24) is 14.6 Å². The quantitative estimate of drug-likeness (QED) is 0.302. The molecule has 1 heterocycles. The second kappa shape index (κ2) is 12.8. The molecule has 0 saturated carbocycles. The molecule has 0 radical (unpaired) electrons. The van der Waals surface area contributed by atoms with Gasteiger partial charge in [0.05, 0.1) is 11.5 Å². The number of carbonyl (C=O) groups excluding carboxylic acids is 1. The molecule has 37 heavy (non-hydrogen) atoms. The standard InChI is InChI=1S/C29H30N4O3S/c1-33(2)37(35)28-12-6-5-11-27(28)26-10-4-3-9-23(26)17-19-36-25-15-13-24(14-16-25)32-29(34)31-21-22-8-7-18-30-20-22/h3-16,18,20H,17,19,21H2,1-2H3,(H2,31,32,34). The highest BCUT2D eigenvalue weighted by Crippen LogP contribution is 2.30. The van der Waals surface area contributed by atoms with Crippen LogP contribution in [0.2, 0.25) is 0 Å². The van der Waals surface area contributed by atoms with Gasteiger partial charge in [-0.05, 0) is 72.7 Å². The zero-order valence-electron chi connectivity index (χ0n) is 20.9. The number of pyridine rings is 1. The van der Waals surface area contributed by atoms with Crippen molar-refractivity contribution in [3.63, 3.8) is 0 Å². The third kappa shape index (κ3) is 7.25. The Kier molecular flexibility index (Phi) is 9.02. The van der Waals surface area contributed by atoms with E-state index in [1.54, 1.807) is 28.8 Å². The summed E-state index contributed by atoms with van der Waals surface area (Å²) in [5.41, 5.74) is 4.73. The van der Waals surface area contributed by atoms with E-state index >= 15 is 0 Å². The van der Waals surface area contributed by atoms with Crippen LogP contribution in [0.15, 0.2) is 102 Å². The molecule has 0 fully saturated rings. The summed E-state index contributed by atoms with van der Waals surface area (Å²) in [4.78, 5) is 17.0. The molecule has 0 saturated heterocycles. The molecule has 0 aliphatic rings. The smallest absolute Gasteiger partial charge is 0.319 e. The Balaban J connectivity index is 1.33. The minimum Gasteiger partial charge on any atom is -0.493 e. The molecule has 2 N–H and O–H groups in total. The van der Waals surface area contributed by atoms with Crippen molar-refractivity contribution in [2.45, 2.75) is 17.9 Å². The van der Waals surface area contributed by atoms with Crippen molar-refractivity contribution in [3.05, 3.63) is 108 Å². The number of benzene rings is 3. The minimum absolute atomic E-state index is 0.287. The first-order valence-corrected chi connectivity index (χ1v) is 13.0. The molecule has 3 aromatic carbocycles. The van der Waals surface area contributed by atoms with Gasteiger partial charge in [0.2, 0.25) is 0 Å². The van der Waals surface area contributed by atoms with Gasteiger partial charge in [-0.3, -0.25) is 4.98 Å². The largest absolute Gasteiger partial charge is 0.493 e. The number of carbonyl (C=O) groups is 1. The van der Waals surface area contributed by atoms with Crippen molar-refractivity contribution in [2.24, 2.45) is 0 Å². The van der Waals surface area contributed by atoms with Gasteiger partial charge in [0.1, 0.15) is 16.7 Å². The van der Waals surface area contributed by atoms with Gasteiger partial charge in [-0.15, -0.1) is 0 Å². The SMILES string of the molecule is CN(C)S(=O)c1ccccc1-c1ccccc1CCOc1ccc(NC(=O)NCc2cccnc2)cc1. The van der Waals surface area contributed by atoms with Crippen LogP contribution >= 0.6 is 0 Å². The topological polar surface area (TPSA) is 83.6 Å². The lowest BCUT2D eigenvalue weighted by Crippen LogP contribution is -2.28. The van der Waals surface area contributed by atoms with E-state index in [9.17, 15) is 9.00 Å². The molecule has 1 unspecified atom stereocenters. The lowest BCUT2D eigenvalue weighted by atomic mass is 9.98. The molecule has 1 aromatic heterocycles. The normalized spacial score (nSPS) is 11.6. The van der Waals surface area contributed by atoms with Crippen molar-refractivity contribution >= 4 is 22.7 Å². The van der Waals surface area contributed by atoms with Crippen molar-refractivity contribution in [3.8, 4) is 16.9 Å². The van der Waals surface area contributed by atoms with Crippen molar-refractivity contribution < 1.29 is 13.7 Å². The predicted molar refractivity (Wildman–Crippen MR) is 148 cm³/mol. The molecule has 0 aliphatic heterocycles. The molecule has 1 atom stereocenters. The fraction of sp³-hybridized carbons (Fsp3) is 0.172. The first kappa shape index (κ1) is 26.1. The monoisotopic (exact) mass is 514 g/mol. The number of hydrogen-bond donors (Lipinski definition) is 2. The van der Waals surface area contributed by atoms with Gasteiger partial charge in [0.15, 0.2) is 0 Å². The van der Waals surface area contributed by atoms with E-state index < -0.39 is 11.0 Å². The van der Waals surface area contributed by atoms with Gasteiger partial charge >= 0.3 is 6.03 Å². The van der Waals surface area contributed by atoms with E-state index in [0.29, 0.717) is 31.0 Å². The number of rotatable bonds is 10. The highest BCUT2D eigenvalue weighted by molar-refractivity contribution is 7.82. The van der Waals surface area contributed by atoms with Gasteiger partial charge in [-0.1, -0.05) is 48.5 Å². The summed E-state index contributed by atoms with van der Waals surface area (Å²) >= 11 is 0. The third-order valence-corrected chi connectivity index (χ3v) is 7.04. The summed E-state index contributed by atoms with van der Waals surface area (Å²) < 4.78 is 20.5. The number of nitrogens with zero attached hydrogens (tertiary/aromatic N) is 2. The van der Waals surface area contributed by atoms with E-state index in [1.165, 1.54) is 0 Å². The Morgan fingerprint density at radius 1 is 0.919 bits per heavy atom. The number of hydrogen-bond acceptors (Lipinski definition) is 4. The van der Waals surface area contributed by atoms with Crippen LogP contribution in [0, 0.1) is 0 Å². The molecule has 7 nitrogen and oxygen atoms in total. The Labute approximate surface area is 220 Å². The lowest BCUT2D eigenvalue weighted by Gasteiger charge is -2.16. The highest BCUT2D eigenvalue weighted by Gasteiger charge is 2.15. The maximum absolute atomic E-state index is 12.8. The van der Waals surface area contributed by atoms with Crippen LogP contribution in [0.4, 0.5) is 10.5 Å². The zero-order chi connectivity index (χ0) is 26.0. The van der Waals surface area contributed by atoms with E-state index in [4.69, 9.17) is 4.74 Å². The van der Waals surface area contributed by atoms with Gasteiger partial charge in [-0.25, -0.2) is 13.3 Å². The summed E-state index contributed by atoms with van der Waals surface area (Å²) in [6.07, 6.45) is 4.10. The number of ether oxygens (including phenoxy) is 1. The van der Waals surface area contributed by atoms with E-state index in [2.05, 4.69) is 27.8 Å². The average molecular weight is 515 g/mol. The van der Waals surface area contributed by atoms with Gasteiger partial charge in [0.25, 0.3) is 0 Å². The second-order valence-corrected chi connectivity index (χ2v) is 10.2. The molecular formula is C29H30N4O3S. The molecule has 0 aliphatic carbocycles. The first-order chi connectivity index (χ1) is 18.0.